The fraction of sp³-hybridized carbons (Fsp3) is 0.500. The molecule has 0 unspecified atom stereocenters. The molecule has 2 N–H and O–H groups in total. The van der Waals surface area contributed by atoms with Crippen LogP contribution >= 0.6 is 15.9 Å². The summed E-state index contributed by atoms with van der Waals surface area (Å²) < 4.78 is 1.03. The first-order valence-electron chi connectivity index (χ1n) is 6.10. The van der Waals surface area contributed by atoms with Crippen LogP contribution < -0.4 is 5.73 Å². The maximum atomic E-state index is 12.0. The second kappa shape index (κ2) is 5.32. The second-order valence-electron chi connectivity index (χ2n) is 5.08. The Kier molecular flexibility index (Phi) is 4.00. The molecule has 3 heteroatoms. The Hall–Kier alpha value is -0.670. The fourth-order valence-electron chi connectivity index (χ4n) is 2.49. The van der Waals surface area contributed by atoms with Crippen LogP contribution in [0.25, 0.3) is 0 Å². The van der Waals surface area contributed by atoms with E-state index in [1.807, 2.05) is 24.3 Å². The van der Waals surface area contributed by atoms with Crippen molar-refractivity contribution in [2.24, 2.45) is 11.1 Å². The summed E-state index contributed by atoms with van der Waals surface area (Å²) in [5.41, 5.74) is 6.98. The van der Waals surface area contributed by atoms with E-state index < -0.39 is 0 Å². The van der Waals surface area contributed by atoms with Crippen molar-refractivity contribution in [2.75, 3.05) is 6.54 Å². The van der Waals surface area contributed by atoms with Gasteiger partial charge >= 0.3 is 0 Å². The summed E-state index contributed by atoms with van der Waals surface area (Å²) in [5.74, 6) is 0.313. The first-order valence-corrected chi connectivity index (χ1v) is 6.89. The predicted molar refractivity (Wildman–Crippen MR) is 72.8 cm³/mol. The zero-order valence-corrected chi connectivity index (χ0v) is 11.5. The van der Waals surface area contributed by atoms with Crippen molar-refractivity contribution in [2.45, 2.75) is 32.1 Å². The lowest BCUT2D eigenvalue weighted by Gasteiger charge is -2.40. The molecule has 0 saturated heterocycles. The van der Waals surface area contributed by atoms with Crippen LogP contribution in [0.15, 0.2) is 28.7 Å². The van der Waals surface area contributed by atoms with E-state index in [-0.39, 0.29) is 5.41 Å². The average molecular weight is 296 g/mol. The van der Waals surface area contributed by atoms with Gasteiger partial charge in [-0.2, -0.15) is 0 Å². The largest absolute Gasteiger partial charge is 0.330 e. The van der Waals surface area contributed by atoms with E-state index in [1.54, 1.807) is 0 Å². The molecule has 0 bridgehead atoms. The van der Waals surface area contributed by atoms with E-state index in [2.05, 4.69) is 15.9 Å². The Bertz CT molecular complexity index is 407. The summed E-state index contributed by atoms with van der Waals surface area (Å²) in [6.07, 6.45) is 4.64. The first kappa shape index (κ1) is 12.8. The standard InChI is InChI=1S/C14H18BrNO/c15-12-4-1-3-11(7-12)8-13(17)9-14(10-16)5-2-6-14/h1,3-4,7H,2,5-6,8-10,16H2. The predicted octanol–water partition coefficient (Wildman–Crippen LogP) is 3.08. The van der Waals surface area contributed by atoms with Crippen LogP contribution in [0.2, 0.25) is 0 Å². The monoisotopic (exact) mass is 295 g/mol. The van der Waals surface area contributed by atoms with Crippen molar-refractivity contribution in [3.05, 3.63) is 34.3 Å². The minimum atomic E-state index is 0.128. The number of Topliss-reactive ketones (excluding diaryl/α,β-unsaturated/α-hetero) is 1. The molecule has 0 radical (unpaired) electrons. The summed E-state index contributed by atoms with van der Waals surface area (Å²) in [6.45, 7) is 0.650. The molecule has 92 valence electrons. The zero-order chi connectivity index (χ0) is 12.3. The zero-order valence-electron chi connectivity index (χ0n) is 9.92. The number of hydrogen-bond donors (Lipinski definition) is 1. The van der Waals surface area contributed by atoms with Crippen LogP contribution in [0.3, 0.4) is 0 Å². The van der Waals surface area contributed by atoms with Gasteiger partial charge in [-0.1, -0.05) is 34.5 Å². The van der Waals surface area contributed by atoms with E-state index in [4.69, 9.17) is 5.73 Å². The van der Waals surface area contributed by atoms with E-state index in [9.17, 15) is 4.79 Å². The molecule has 0 aromatic heterocycles. The quantitative estimate of drug-likeness (QED) is 0.907. The molecule has 2 nitrogen and oxygen atoms in total. The second-order valence-corrected chi connectivity index (χ2v) is 6.00. The van der Waals surface area contributed by atoms with Crippen molar-refractivity contribution in [3.63, 3.8) is 0 Å². The molecule has 1 aromatic carbocycles. The van der Waals surface area contributed by atoms with Crippen molar-refractivity contribution >= 4 is 21.7 Å². The molecular weight excluding hydrogens is 278 g/mol. The van der Waals surface area contributed by atoms with Gasteiger partial charge in [-0.25, -0.2) is 0 Å². The lowest BCUT2D eigenvalue weighted by molar-refractivity contribution is -0.122. The van der Waals surface area contributed by atoms with Gasteiger partial charge in [-0.15, -0.1) is 0 Å². The molecule has 1 aliphatic carbocycles. The summed E-state index contributed by atoms with van der Waals surface area (Å²) in [5, 5.41) is 0. The topological polar surface area (TPSA) is 43.1 Å². The molecule has 17 heavy (non-hydrogen) atoms. The third kappa shape index (κ3) is 3.17. The Morgan fingerprint density at radius 2 is 2.18 bits per heavy atom. The first-order chi connectivity index (χ1) is 8.13. The number of ketones is 1. The Balaban J connectivity index is 1.93. The van der Waals surface area contributed by atoms with Crippen LogP contribution in [0.1, 0.15) is 31.2 Å². The van der Waals surface area contributed by atoms with Gasteiger partial charge in [0.15, 0.2) is 0 Å². The van der Waals surface area contributed by atoms with Gasteiger partial charge in [-0.05, 0) is 42.5 Å². The highest BCUT2D eigenvalue weighted by molar-refractivity contribution is 9.10. The normalized spacial score (nSPS) is 17.5. The molecule has 1 saturated carbocycles. The van der Waals surface area contributed by atoms with Crippen LogP contribution in [-0.4, -0.2) is 12.3 Å². The summed E-state index contributed by atoms with van der Waals surface area (Å²) >= 11 is 3.42. The van der Waals surface area contributed by atoms with Gasteiger partial charge < -0.3 is 5.73 Å². The van der Waals surface area contributed by atoms with E-state index in [0.717, 1.165) is 22.9 Å². The van der Waals surface area contributed by atoms with Crippen LogP contribution in [-0.2, 0) is 11.2 Å². The van der Waals surface area contributed by atoms with Crippen molar-refractivity contribution < 1.29 is 4.79 Å². The number of rotatable bonds is 5. The minimum Gasteiger partial charge on any atom is -0.330 e. The fourth-order valence-corrected chi connectivity index (χ4v) is 2.93. The molecule has 0 heterocycles. The molecule has 0 atom stereocenters. The van der Waals surface area contributed by atoms with E-state index in [0.29, 0.717) is 25.2 Å². The SMILES string of the molecule is NCC1(CC(=O)Cc2cccc(Br)c2)CCC1. The van der Waals surface area contributed by atoms with Crippen molar-refractivity contribution in [1.29, 1.82) is 0 Å². The minimum absolute atomic E-state index is 0.128. The highest BCUT2D eigenvalue weighted by Crippen LogP contribution is 2.43. The molecule has 2 rings (SSSR count). The number of carbonyl (C=O) groups excluding carboxylic acids is 1. The van der Waals surface area contributed by atoms with E-state index >= 15 is 0 Å². The lowest BCUT2D eigenvalue weighted by Crippen LogP contribution is -2.39. The number of halogens is 1. The Labute approximate surface area is 111 Å². The molecule has 0 spiro atoms. The van der Waals surface area contributed by atoms with Crippen molar-refractivity contribution in [3.8, 4) is 0 Å². The molecule has 1 aliphatic rings. The number of benzene rings is 1. The van der Waals surface area contributed by atoms with Gasteiger partial charge in [0.1, 0.15) is 5.78 Å². The average Bonchev–Trinajstić information content (AvgIpc) is 2.23. The highest BCUT2D eigenvalue weighted by atomic mass is 79.9. The smallest absolute Gasteiger partial charge is 0.137 e. The molecular formula is C14H18BrNO. The molecule has 0 aliphatic heterocycles. The molecule has 1 aromatic rings. The van der Waals surface area contributed by atoms with Gasteiger partial charge in [0.05, 0.1) is 0 Å². The van der Waals surface area contributed by atoms with Crippen molar-refractivity contribution in [1.82, 2.24) is 0 Å². The van der Waals surface area contributed by atoms with Gasteiger partial charge in [-0.3, -0.25) is 4.79 Å². The molecule has 0 amide bonds. The summed E-state index contributed by atoms with van der Waals surface area (Å²) in [4.78, 5) is 12.0. The van der Waals surface area contributed by atoms with Crippen LogP contribution in [0, 0.1) is 5.41 Å². The maximum Gasteiger partial charge on any atom is 0.137 e. The number of nitrogens with two attached hydrogens (primary N) is 1. The third-order valence-electron chi connectivity index (χ3n) is 3.71. The molecule has 1 fully saturated rings. The Morgan fingerprint density at radius 1 is 1.41 bits per heavy atom. The maximum absolute atomic E-state index is 12.0. The summed E-state index contributed by atoms with van der Waals surface area (Å²) in [7, 11) is 0. The summed E-state index contributed by atoms with van der Waals surface area (Å²) in [6, 6.07) is 7.95. The number of carbonyl (C=O) groups is 1. The van der Waals surface area contributed by atoms with Crippen LogP contribution in [0.4, 0.5) is 0 Å². The van der Waals surface area contributed by atoms with Crippen LogP contribution in [0.5, 0.6) is 0 Å². The lowest BCUT2D eigenvalue weighted by atomic mass is 9.65. The Morgan fingerprint density at radius 3 is 2.71 bits per heavy atom. The van der Waals surface area contributed by atoms with E-state index in [1.165, 1.54) is 6.42 Å². The van der Waals surface area contributed by atoms with Gasteiger partial charge in [0.25, 0.3) is 0 Å². The number of hydrogen-bond acceptors (Lipinski definition) is 2. The third-order valence-corrected chi connectivity index (χ3v) is 4.20. The van der Waals surface area contributed by atoms with Gasteiger partial charge in [0, 0.05) is 17.3 Å². The van der Waals surface area contributed by atoms with Gasteiger partial charge in [0.2, 0.25) is 0 Å². The highest BCUT2D eigenvalue weighted by Gasteiger charge is 2.37.